The molecular formula is C35H44F3N5O3. The molecule has 1 saturated heterocycles. The lowest BCUT2D eigenvalue weighted by Gasteiger charge is -2.44. The van der Waals surface area contributed by atoms with Crippen LogP contribution in [-0.4, -0.2) is 67.7 Å². The highest BCUT2D eigenvalue weighted by Gasteiger charge is 2.33. The van der Waals surface area contributed by atoms with Crippen molar-refractivity contribution in [1.29, 1.82) is 0 Å². The normalized spacial score (nSPS) is 15.0. The van der Waals surface area contributed by atoms with E-state index in [9.17, 15) is 13.2 Å². The van der Waals surface area contributed by atoms with E-state index >= 15 is 0 Å². The van der Waals surface area contributed by atoms with Crippen molar-refractivity contribution >= 4 is 10.9 Å². The van der Waals surface area contributed by atoms with Crippen molar-refractivity contribution in [3.8, 4) is 28.4 Å². The Bertz CT molecular complexity index is 1620. The summed E-state index contributed by atoms with van der Waals surface area (Å²) in [6, 6.07) is 16.9. The SMILES string of the molecule is COc1cc(OC)cc(C(C)(C)N2CCN(Cc3ccc4c(c3)c(-c3ccc(OC(F)(F)F)cc3CN)cn4CCCN)CC2)c1. The summed E-state index contributed by atoms with van der Waals surface area (Å²) in [5.41, 5.74) is 17.3. The van der Waals surface area contributed by atoms with E-state index in [2.05, 4.69) is 69.5 Å². The van der Waals surface area contributed by atoms with Gasteiger partial charge in [0.1, 0.15) is 17.2 Å². The molecule has 1 fully saturated rings. The number of fused-ring (bicyclic) bond motifs is 1. The first-order chi connectivity index (χ1) is 21.9. The molecule has 248 valence electrons. The first kappa shape index (κ1) is 33.6. The number of nitrogens with two attached hydrogens (primary N) is 2. The van der Waals surface area contributed by atoms with Gasteiger partial charge in [0.05, 0.1) is 14.2 Å². The number of aryl methyl sites for hydroxylation is 1. The van der Waals surface area contributed by atoms with E-state index in [0.29, 0.717) is 12.1 Å². The smallest absolute Gasteiger partial charge is 0.497 e. The minimum atomic E-state index is -4.77. The summed E-state index contributed by atoms with van der Waals surface area (Å²) in [5, 5.41) is 1.03. The van der Waals surface area contributed by atoms with Crippen molar-refractivity contribution in [3.05, 3.63) is 77.5 Å². The van der Waals surface area contributed by atoms with Crippen molar-refractivity contribution < 1.29 is 27.4 Å². The number of halogens is 3. The molecular weight excluding hydrogens is 595 g/mol. The van der Waals surface area contributed by atoms with Crippen LogP contribution >= 0.6 is 0 Å². The lowest BCUT2D eigenvalue weighted by molar-refractivity contribution is -0.274. The minimum absolute atomic E-state index is 0.0721. The van der Waals surface area contributed by atoms with Crippen LogP contribution in [0.4, 0.5) is 13.2 Å². The van der Waals surface area contributed by atoms with E-state index in [1.807, 2.05) is 6.07 Å². The van der Waals surface area contributed by atoms with Crippen molar-refractivity contribution in [3.63, 3.8) is 0 Å². The Morgan fingerprint density at radius 3 is 2.11 bits per heavy atom. The van der Waals surface area contributed by atoms with Gasteiger partial charge in [-0.05, 0) is 85.5 Å². The fourth-order valence-corrected chi connectivity index (χ4v) is 6.37. The van der Waals surface area contributed by atoms with Crippen molar-refractivity contribution in [2.75, 3.05) is 46.9 Å². The molecule has 5 rings (SSSR count). The van der Waals surface area contributed by atoms with Gasteiger partial charge in [-0.25, -0.2) is 0 Å². The van der Waals surface area contributed by atoms with Crippen LogP contribution in [0.25, 0.3) is 22.0 Å². The van der Waals surface area contributed by atoms with Crippen molar-refractivity contribution in [2.24, 2.45) is 11.5 Å². The Labute approximate surface area is 268 Å². The highest BCUT2D eigenvalue weighted by molar-refractivity contribution is 5.97. The number of alkyl halides is 3. The lowest BCUT2D eigenvalue weighted by atomic mass is 9.91. The molecule has 46 heavy (non-hydrogen) atoms. The van der Waals surface area contributed by atoms with Crippen LogP contribution < -0.4 is 25.7 Å². The van der Waals surface area contributed by atoms with Crippen LogP contribution in [0.1, 0.15) is 37.0 Å². The predicted octanol–water partition coefficient (Wildman–Crippen LogP) is 6.08. The van der Waals surface area contributed by atoms with Gasteiger partial charge in [-0.2, -0.15) is 0 Å². The van der Waals surface area contributed by atoms with Gasteiger partial charge < -0.3 is 30.2 Å². The van der Waals surface area contributed by atoms with Gasteiger partial charge in [-0.15, -0.1) is 13.2 Å². The molecule has 0 radical (unpaired) electrons. The number of ether oxygens (including phenoxy) is 3. The van der Waals surface area contributed by atoms with Gasteiger partial charge in [0.15, 0.2) is 0 Å². The second-order valence-electron chi connectivity index (χ2n) is 12.2. The zero-order valence-corrected chi connectivity index (χ0v) is 27.0. The zero-order chi connectivity index (χ0) is 33.1. The molecule has 0 saturated carbocycles. The molecule has 2 heterocycles. The third kappa shape index (κ3) is 7.44. The Morgan fingerprint density at radius 2 is 1.50 bits per heavy atom. The average Bonchev–Trinajstić information content (AvgIpc) is 3.40. The quantitative estimate of drug-likeness (QED) is 0.194. The van der Waals surface area contributed by atoms with Gasteiger partial charge in [0.2, 0.25) is 0 Å². The van der Waals surface area contributed by atoms with Crippen LogP contribution in [0.15, 0.2) is 60.8 Å². The van der Waals surface area contributed by atoms with Gasteiger partial charge >= 0.3 is 6.36 Å². The molecule has 0 bridgehead atoms. The fraction of sp³-hybridized carbons (Fsp3) is 0.429. The van der Waals surface area contributed by atoms with E-state index in [4.69, 9.17) is 20.9 Å². The molecule has 4 aromatic rings. The monoisotopic (exact) mass is 639 g/mol. The van der Waals surface area contributed by atoms with Crippen LogP contribution in [0.2, 0.25) is 0 Å². The molecule has 0 aliphatic carbocycles. The van der Waals surface area contributed by atoms with E-state index in [0.717, 1.165) is 84.8 Å². The second-order valence-corrected chi connectivity index (χ2v) is 12.2. The van der Waals surface area contributed by atoms with Gasteiger partial charge in [-0.3, -0.25) is 9.80 Å². The first-order valence-electron chi connectivity index (χ1n) is 15.6. The number of aromatic nitrogens is 1. The topological polar surface area (TPSA) is 91.1 Å². The number of benzene rings is 3. The number of hydrogen-bond donors (Lipinski definition) is 2. The number of methoxy groups -OCH3 is 2. The summed E-state index contributed by atoms with van der Waals surface area (Å²) in [5.74, 6) is 1.27. The van der Waals surface area contributed by atoms with E-state index in [1.54, 1.807) is 20.3 Å². The van der Waals surface area contributed by atoms with Crippen LogP contribution in [0.5, 0.6) is 17.2 Å². The highest BCUT2D eigenvalue weighted by atomic mass is 19.4. The summed E-state index contributed by atoms with van der Waals surface area (Å²) < 4.78 is 56.1. The second kappa shape index (κ2) is 13.9. The van der Waals surface area contributed by atoms with Gasteiger partial charge in [0.25, 0.3) is 0 Å². The Morgan fingerprint density at radius 1 is 0.804 bits per heavy atom. The minimum Gasteiger partial charge on any atom is -0.497 e. The number of nitrogens with zero attached hydrogens (tertiary/aromatic N) is 3. The number of rotatable bonds is 12. The summed E-state index contributed by atoms with van der Waals surface area (Å²) in [6.07, 6.45) is -1.92. The molecule has 0 unspecified atom stereocenters. The Kier molecular flexibility index (Phi) is 10.2. The summed E-state index contributed by atoms with van der Waals surface area (Å²) in [4.78, 5) is 4.96. The van der Waals surface area contributed by atoms with Gasteiger partial charge in [-0.1, -0.05) is 12.1 Å². The summed E-state index contributed by atoms with van der Waals surface area (Å²) >= 11 is 0. The lowest BCUT2D eigenvalue weighted by Crippen LogP contribution is -2.52. The predicted molar refractivity (Wildman–Crippen MR) is 175 cm³/mol. The molecule has 1 aromatic heterocycles. The van der Waals surface area contributed by atoms with Crippen molar-refractivity contribution in [2.45, 2.75) is 51.8 Å². The molecule has 0 atom stereocenters. The maximum Gasteiger partial charge on any atom is 0.573 e. The van der Waals surface area contributed by atoms with E-state index in [1.165, 1.54) is 17.7 Å². The van der Waals surface area contributed by atoms with Crippen LogP contribution in [0.3, 0.4) is 0 Å². The molecule has 3 aromatic carbocycles. The third-order valence-corrected chi connectivity index (χ3v) is 9.00. The Hall–Kier alpha value is -3.77. The largest absolute Gasteiger partial charge is 0.573 e. The Balaban J connectivity index is 1.37. The molecule has 0 amide bonds. The maximum atomic E-state index is 12.9. The number of piperazine rings is 1. The average molecular weight is 640 g/mol. The summed E-state index contributed by atoms with van der Waals surface area (Å²) in [7, 11) is 3.33. The zero-order valence-electron chi connectivity index (χ0n) is 27.0. The summed E-state index contributed by atoms with van der Waals surface area (Å²) in [6.45, 7) is 10.2. The number of hydrogen-bond acceptors (Lipinski definition) is 7. The molecule has 1 aliphatic rings. The van der Waals surface area contributed by atoms with Crippen LogP contribution in [-0.2, 0) is 25.2 Å². The third-order valence-electron chi connectivity index (χ3n) is 9.00. The molecule has 11 heteroatoms. The van der Waals surface area contributed by atoms with E-state index < -0.39 is 6.36 Å². The molecule has 1 aliphatic heterocycles. The standard InChI is InChI=1S/C35H44F3N5O3/c1-34(2,26-18-28(44-3)20-29(19-26)45-4)43-14-12-41(13-15-43)22-24-6-9-33-31(16-24)32(23-42(33)11-5-10-39)30-8-7-27(17-25(30)21-40)46-35(36,37)38/h6-9,16-20,23H,5,10-15,21-22,39-40H2,1-4H3. The fourth-order valence-electron chi connectivity index (χ4n) is 6.37. The molecule has 0 spiro atoms. The van der Waals surface area contributed by atoms with Crippen LogP contribution in [0, 0.1) is 0 Å². The maximum absolute atomic E-state index is 12.9. The first-order valence-corrected chi connectivity index (χ1v) is 15.6. The highest BCUT2D eigenvalue weighted by Crippen LogP contribution is 2.37. The molecule has 4 N–H and O–H groups in total. The van der Waals surface area contributed by atoms with E-state index in [-0.39, 0.29) is 17.8 Å². The van der Waals surface area contributed by atoms with Crippen molar-refractivity contribution in [1.82, 2.24) is 14.4 Å². The molecule has 8 nitrogen and oxygen atoms in total. The van der Waals surface area contributed by atoms with Gasteiger partial charge in [0, 0.05) is 80.1 Å².